The number of carbonyl (C=O) groups excluding carboxylic acids is 1. The lowest BCUT2D eigenvalue weighted by Gasteiger charge is -2.11. The minimum absolute atomic E-state index is 0.192. The molecule has 1 aromatic carbocycles. The summed E-state index contributed by atoms with van der Waals surface area (Å²) >= 11 is 6.02. The Kier molecular flexibility index (Phi) is 4.85. The summed E-state index contributed by atoms with van der Waals surface area (Å²) in [6.07, 6.45) is 5.01. The van der Waals surface area contributed by atoms with Crippen LogP contribution in [0.4, 0.5) is 10.1 Å². The van der Waals surface area contributed by atoms with Gasteiger partial charge in [-0.1, -0.05) is 17.7 Å². The second-order valence-electron chi connectivity index (χ2n) is 5.76. The molecule has 3 rings (SSSR count). The van der Waals surface area contributed by atoms with Crippen LogP contribution in [0, 0.1) is 12.7 Å². The van der Waals surface area contributed by atoms with E-state index in [-0.39, 0.29) is 11.7 Å². The molecule has 0 aliphatic rings. The molecule has 0 saturated carbocycles. The molecular formula is C17H17ClFN5O. The number of anilines is 1. The smallest absolute Gasteiger partial charge is 0.249 e. The Bertz CT molecular complexity index is 904. The molecule has 0 bridgehead atoms. The van der Waals surface area contributed by atoms with Gasteiger partial charge in [-0.3, -0.25) is 14.2 Å². The van der Waals surface area contributed by atoms with Gasteiger partial charge in [0.05, 0.1) is 24.1 Å². The monoisotopic (exact) mass is 361 g/mol. The van der Waals surface area contributed by atoms with Gasteiger partial charge >= 0.3 is 0 Å². The molecule has 2 aromatic heterocycles. The van der Waals surface area contributed by atoms with Crippen molar-refractivity contribution in [2.45, 2.75) is 26.4 Å². The van der Waals surface area contributed by atoms with Crippen LogP contribution in [-0.2, 0) is 11.3 Å². The predicted molar refractivity (Wildman–Crippen MR) is 93.0 cm³/mol. The molecule has 0 saturated heterocycles. The Labute approximate surface area is 149 Å². The van der Waals surface area contributed by atoms with Crippen molar-refractivity contribution < 1.29 is 9.18 Å². The highest BCUT2D eigenvalue weighted by molar-refractivity contribution is 6.31. The maximum atomic E-state index is 13.1. The van der Waals surface area contributed by atoms with Crippen LogP contribution >= 0.6 is 11.6 Å². The van der Waals surface area contributed by atoms with Gasteiger partial charge in [0.15, 0.2) is 0 Å². The Morgan fingerprint density at radius 2 is 2.20 bits per heavy atom. The maximum Gasteiger partial charge on any atom is 0.249 e. The summed E-state index contributed by atoms with van der Waals surface area (Å²) in [5.74, 6) is -0.576. The Morgan fingerprint density at radius 3 is 2.88 bits per heavy atom. The number of carbonyl (C=O) groups is 1. The summed E-state index contributed by atoms with van der Waals surface area (Å²) in [6.45, 7) is 4.01. The van der Waals surface area contributed by atoms with Crippen molar-refractivity contribution in [2.24, 2.45) is 0 Å². The van der Waals surface area contributed by atoms with E-state index in [1.807, 2.05) is 13.0 Å². The van der Waals surface area contributed by atoms with E-state index in [1.165, 1.54) is 12.1 Å². The summed E-state index contributed by atoms with van der Waals surface area (Å²) in [7, 11) is 0. The molecule has 0 radical (unpaired) electrons. The molecule has 1 unspecified atom stereocenters. The molecule has 3 aromatic rings. The average Bonchev–Trinajstić information content (AvgIpc) is 3.18. The zero-order valence-corrected chi connectivity index (χ0v) is 14.5. The van der Waals surface area contributed by atoms with Gasteiger partial charge in [-0.05, 0) is 37.6 Å². The lowest BCUT2D eigenvalue weighted by atomic mass is 10.2. The zero-order chi connectivity index (χ0) is 18.0. The van der Waals surface area contributed by atoms with Crippen LogP contribution in [0.5, 0.6) is 0 Å². The van der Waals surface area contributed by atoms with Gasteiger partial charge in [0.1, 0.15) is 11.9 Å². The zero-order valence-electron chi connectivity index (χ0n) is 13.8. The third-order valence-corrected chi connectivity index (χ3v) is 4.12. The molecule has 0 aliphatic carbocycles. The number of hydrogen-bond donors (Lipinski definition) is 1. The van der Waals surface area contributed by atoms with Crippen molar-refractivity contribution >= 4 is 23.2 Å². The lowest BCUT2D eigenvalue weighted by molar-refractivity contribution is -0.119. The fourth-order valence-electron chi connectivity index (χ4n) is 2.35. The van der Waals surface area contributed by atoms with Crippen LogP contribution < -0.4 is 5.32 Å². The number of nitrogens with one attached hydrogen (secondary N) is 1. The molecule has 130 valence electrons. The van der Waals surface area contributed by atoms with E-state index in [9.17, 15) is 9.18 Å². The number of nitrogens with zero attached hydrogens (tertiary/aromatic N) is 4. The normalized spacial score (nSPS) is 12.2. The average molecular weight is 362 g/mol. The molecule has 2 heterocycles. The van der Waals surface area contributed by atoms with Gasteiger partial charge in [-0.25, -0.2) is 4.39 Å². The molecule has 1 amide bonds. The first-order chi connectivity index (χ1) is 11.9. The summed E-state index contributed by atoms with van der Waals surface area (Å²) in [5, 5.41) is 11.6. The minimum atomic E-state index is -0.441. The Morgan fingerprint density at radius 1 is 1.40 bits per heavy atom. The third kappa shape index (κ3) is 4.06. The fourth-order valence-corrected chi connectivity index (χ4v) is 2.58. The SMILES string of the molecule is Cc1ccn(C(C)C(=O)Nc2cnn(Cc3ccc(F)cc3Cl)c2)n1. The summed E-state index contributed by atoms with van der Waals surface area (Å²) in [4.78, 5) is 12.3. The molecule has 1 atom stereocenters. The van der Waals surface area contributed by atoms with Crippen LogP contribution in [0.1, 0.15) is 24.2 Å². The van der Waals surface area contributed by atoms with E-state index >= 15 is 0 Å². The number of hydrogen-bond acceptors (Lipinski definition) is 3. The summed E-state index contributed by atoms with van der Waals surface area (Å²) < 4.78 is 16.3. The molecule has 6 nitrogen and oxygen atoms in total. The van der Waals surface area contributed by atoms with Crippen LogP contribution in [-0.4, -0.2) is 25.5 Å². The summed E-state index contributed by atoms with van der Waals surface area (Å²) in [6, 6.07) is 5.62. The number of benzene rings is 1. The standard InChI is InChI=1S/C17H17ClFN5O/c1-11-5-6-24(22-11)12(2)17(25)21-15-8-20-23(10-15)9-13-3-4-14(19)7-16(13)18/h3-8,10,12H,9H2,1-2H3,(H,21,25). The highest BCUT2D eigenvalue weighted by Crippen LogP contribution is 2.19. The van der Waals surface area contributed by atoms with Gasteiger partial charge in [-0.2, -0.15) is 10.2 Å². The van der Waals surface area contributed by atoms with Crippen LogP contribution in [0.3, 0.4) is 0 Å². The van der Waals surface area contributed by atoms with Gasteiger partial charge in [0.2, 0.25) is 5.91 Å². The van der Waals surface area contributed by atoms with Crippen LogP contribution in [0.15, 0.2) is 42.9 Å². The highest BCUT2D eigenvalue weighted by atomic mass is 35.5. The predicted octanol–water partition coefficient (Wildman–Crippen LogP) is 3.43. The number of rotatable bonds is 5. The van der Waals surface area contributed by atoms with E-state index in [4.69, 9.17) is 11.6 Å². The van der Waals surface area contributed by atoms with Crippen molar-refractivity contribution in [2.75, 3.05) is 5.32 Å². The maximum absolute atomic E-state index is 13.1. The number of aryl methyl sites for hydroxylation is 1. The first-order valence-corrected chi connectivity index (χ1v) is 8.09. The van der Waals surface area contributed by atoms with Crippen molar-refractivity contribution in [3.05, 3.63) is 65.0 Å². The van der Waals surface area contributed by atoms with Crippen LogP contribution in [0.2, 0.25) is 5.02 Å². The van der Waals surface area contributed by atoms with Gasteiger partial charge < -0.3 is 5.32 Å². The number of halogens is 2. The second kappa shape index (κ2) is 7.06. The molecule has 0 aliphatic heterocycles. The fraction of sp³-hybridized carbons (Fsp3) is 0.235. The Balaban J connectivity index is 1.66. The first-order valence-electron chi connectivity index (χ1n) is 7.71. The molecule has 25 heavy (non-hydrogen) atoms. The van der Waals surface area contributed by atoms with Gasteiger partial charge in [0, 0.05) is 17.4 Å². The second-order valence-corrected chi connectivity index (χ2v) is 6.17. The number of aromatic nitrogens is 4. The van der Waals surface area contributed by atoms with Crippen LogP contribution in [0.25, 0.3) is 0 Å². The number of amides is 1. The Hall–Kier alpha value is -2.67. The molecule has 0 spiro atoms. The molecule has 1 N–H and O–H groups in total. The van der Waals surface area contributed by atoms with E-state index in [0.29, 0.717) is 17.3 Å². The van der Waals surface area contributed by atoms with Gasteiger partial charge in [-0.15, -0.1) is 0 Å². The van der Waals surface area contributed by atoms with Gasteiger partial charge in [0.25, 0.3) is 0 Å². The minimum Gasteiger partial charge on any atom is -0.322 e. The third-order valence-electron chi connectivity index (χ3n) is 3.77. The lowest BCUT2D eigenvalue weighted by Crippen LogP contribution is -2.23. The van der Waals surface area contributed by atoms with Crippen molar-refractivity contribution in [3.63, 3.8) is 0 Å². The van der Waals surface area contributed by atoms with E-state index in [2.05, 4.69) is 15.5 Å². The van der Waals surface area contributed by atoms with E-state index < -0.39 is 6.04 Å². The first kappa shape index (κ1) is 17.2. The van der Waals surface area contributed by atoms with E-state index in [0.717, 1.165) is 11.3 Å². The molecule has 0 fully saturated rings. The van der Waals surface area contributed by atoms with E-state index in [1.54, 1.807) is 40.9 Å². The molecular weight excluding hydrogens is 345 g/mol. The van der Waals surface area contributed by atoms with Crippen molar-refractivity contribution in [1.82, 2.24) is 19.6 Å². The largest absolute Gasteiger partial charge is 0.322 e. The quantitative estimate of drug-likeness (QED) is 0.757. The topological polar surface area (TPSA) is 64.7 Å². The summed E-state index contributed by atoms with van der Waals surface area (Å²) in [5.41, 5.74) is 2.16. The molecule has 8 heteroatoms. The van der Waals surface area contributed by atoms with Crippen molar-refractivity contribution in [1.29, 1.82) is 0 Å². The van der Waals surface area contributed by atoms with Crippen molar-refractivity contribution in [3.8, 4) is 0 Å². The highest BCUT2D eigenvalue weighted by Gasteiger charge is 2.16.